The molecular weight excluding hydrogens is 262 g/mol. The number of carbonyl (C=O) groups is 1. The fourth-order valence-electron chi connectivity index (χ4n) is 2.32. The zero-order valence-electron chi connectivity index (χ0n) is 11.8. The molecule has 2 aromatic rings. The Morgan fingerprint density at radius 3 is 2.38 bits per heavy atom. The van der Waals surface area contributed by atoms with E-state index in [9.17, 15) is 4.79 Å². The van der Waals surface area contributed by atoms with E-state index in [1.54, 1.807) is 6.20 Å². The highest BCUT2D eigenvalue weighted by Gasteiger charge is 2.59. The summed E-state index contributed by atoms with van der Waals surface area (Å²) in [6.07, 6.45) is 3.36. The highest BCUT2D eigenvalue weighted by Crippen LogP contribution is 2.49. The maximum Gasteiger partial charge on any atom is 0.259 e. The summed E-state index contributed by atoms with van der Waals surface area (Å²) in [4.78, 5) is 12.2. The Morgan fingerprint density at radius 1 is 1.10 bits per heavy atom. The van der Waals surface area contributed by atoms with Gasteiger partial charge in [-0.2, -0.15) is 0 Å². The van der Waals surface area contributed by atoms with E-state index in [4.69, 9.17) is 4.74 Å². The highest BCUT2D eigenvalue weighted by atomic mass is 16.6. The Balaban J connectivity index is 1.61. The van der Waals surface area contributed by atoms with E-state index >= 15 is 0 Å². The van der Waals surface area contributed by atoms with Crippen LogP contribution in [0.5, 0.6) is 0 Å². The van der Waals surface area contributed by atoms with E-state index < -0.39 is 5.60 Å². The van der Waals surface area contributed by atoms with Crippen LogP contribution in [0.1, 0.15) is 24.2 Å². The van der Waals surface area contributed by atoms with E-state index in [1.807, 2.05) is 73.7 Å². The monoisotopic (exact) mass is 279 g/mol. The molecule has 0 saturated carbocycles. The first-order chi connectivity index (χ1) is 10.2. The molecule has 1 N–H and O–H groups in total. The molecule has 1 fully saturated rings. The number of ether oxygens (including phenoxy) is 1. The van der Waals surface area contributed by atoms with Crippen molar-refractivity contribution in [3.05, 3.63) is 78.0 Å². The molecule has 106 valence electrons. The van der Waals surface area contributed by atoms with Gasteiger partial charge in [-0.15, -0.1) is 0 Å². The largest absolute Gasteiger partial charge is 0.351 e. The lowest BCUT2D eigenvalue weighted by molar-refractivity contribution is -0.124. The van der Waals surface area contributed by atoms with Gasteiger partial charge in [0.25, 0.3) is 5.91 Å². The molecule has 3 nitrogen and oxygen atoms in total. The summed E-state index contributed by atoms with van der Waals surface area (Å²) in [5.74, 6) is -0.122. The second kappa shape index (κ2) is 5.54. The quantitative estimate of drug-likeness (QED) is 0.872. The molecule has 0 spiro atoms. The number of amides is 1. The normalized spacial score (nSPS) is 24.0. The molecule has 0 aliphatic carbocycles. The standard InChI is InChI=1S/C18H17NO2/c1-18(16(21-18)15-10-6-3-7-11-15)17(20)19-13-12-14-8-4-2-5-9-14/h2-13,16H,1H3,(H,19,20)/b13-12-/t16-,18+/m1/s1. The molecule has 2 aromatic carbocycles. The number of epoxide rings is 1. The fraction of sp³-hybridized carbons (Fsp3) is 0.167. The van der Waals surface area contributed by atoms with Crippen molar-refractivity contribution < 1.29 is 9.53 Å². The second-order valence-corrected chi connectivity index (χ2v) is 5.23. The molecule has 0 radical (unpaired) electrons. The summed E-state index contributed by atoms with van der Waals surface area (Å²) in [5.41, 5.74) is 1.30. The first-order valence-electron chi connectivity index (χ1n) is 6.95. The van der Waals surface area contributed by atoms with Gasteiger partial charge in [-0.3, -0.25) is 4.79 Å². The third-order valence-electron chi connectivity index (χ3n) is 3.65. The van der Waals surface area contributed by atoms with Crippen LogP contribution < -0.4 is 5.32 Å². The van der Waals surface area contributed by atoms with Crippen molar-refractivity contribution >= 4 is 12.0 Å². The molecule has 1 aliphatic heterocycles. The van der Waals surface area contributed by atoms with Gasteiger partial charge in [-0.1, -0.05) is 60.7 Å². The lowest BCUT2D eigenvalue weighted by Gasteiger charge is -2.05. The zero-order valence-corrected chi connectivity index (χ0v) is 11.8. The van der Waals surface area contributed by atoms with Crippen LogP contribution in [0, 0.1) is 0 Å². The first-order valence-corrected chi connectivity index (χ1v) is 6.95. The number of nitrogens with one attached hydrogen (secondary N) is 1. The summed E-state index contributed by atoms with van der Waals surface area (Å²) < 4.78 is 5.61. The lowest BCUT2D eigenvalue weighted by atomic mass is 10.0. The van der Waals surface area contributed by atoms with Gasteiger partial charge in [-0.25, -0.2) is 0 Å². The average Bonchev–Trinajstić information content (AvgIpc) is 3.23. The number of carbonyl (C=O) groups excluding carboxylic acids is 1. The van der Waals surface area contributed by atoms with E-state index in [0.717, 1.165) is 11.1 Å². The van der Waals surface area contributed by atoms with Gasteiger partial charge in [0.05, 0.1) is 0 Å². The van der Waals surface area contributed by atoms with Gasteiger partial charge in [0.15, 0.2) is 5.60 Å². The molecule has 1 amide bonds. The summed E-state index contributed by atoms with van der Waals surface area (Å²) >= 11 is 0. The van der Waals surface area contributed by atoms with Crippen molar-refractivity contribution in [2.24, 2.45) is 0 Å². The summed E-state index contributed by atoms with van der Waals surface area (Å²) in [7, 11) is 0. The summed E-state index contributed by atoms with van der Waals surface area (Å²) in [6, 6.07) is 19.6. The maximum absolute atomic E-state index is 12.2. The number of hydrogen-bond donors (Lipinski definition) is 1. The third kappa shape index (κ3) is 2.88. The number of hydrogen-bond acceptors (Lipinski definition) is 2. The van der Waals surface area contributed by atoms with Crippen molar-refractivity contribution in [1.82, 2.24) is 5.32 Å². The molecule has 0 aromatic heterocycles. The minimum Gasteiger partial charge on any atom is -0.351 e. The van der Waals surface area contributed by atoms with Crippen LogP contribution in [-0.2, 0) is 9.53 Å². The summed E-state index contributed by atoms with van der Waals surface area (Å²) in [5, 5.41) is 2.79. The molecule has 0 unspecified atom stereocenters. The van der Waals surface area contributed by atoms with Crippen LogP contribution >= 0.6 is 0 Å². The number of benzene rings is 2. The molecule has 3 heteroatoms. The van der Waals surface area contributed by atoms with E-state index in [-0.39, 0.29) is 12.0 Å². The Kier molecular flexibility index (Phi) is 3.59. The predicted molar refractivity (Wildman–Crippen MR) is 82.3 cm³/mol. The molecule has 2 atom stereocenters. The van der Waals surface area contributed by atoms with E-state index in [1.165, 1.54) is 0 Å². The van der Waals surface area contributed by atoms with E-state index in [2.05, 4.69) is 5.32 Å². The van der Waals surface area contributed by atoms with Crippen LogP contribution in [0.2, 0.25) is 0 Å². The van der Waals surface area contributed by atoms with Crippen molar-refractivity contribution in [2.45, 2.75) is 18.6 Å². The van der Waals surface area contributed by atoms with Crippen LogP contribution in [0.15, 0.2) is 66.9 Å². The fourth-order valence-corrected chi connectivity index (χ4v) is 2.32. The molecular formula is C18H17NO2. The Bertz CT molecular complexity index is 651. The topological polar surface area (TPSA) is 41.6 Å². The third-order valence-corrected chi connectivity index (χ3v) is 3.65. The minimum atomic E-state index is -0.775. The van der Waals surface area contributed by atoms with Gasteiger partial charge in [-0.05, 0) is 24.1 Å². The van der Waals surface area contributed by atoms with Crippen molar-refractivity contribution in [2.75, 3.05) is 0 Å². The smallest absolute Gasteiger partial charge is 0.259 e. The zero-order chi connectivity index (χ0) is 14.7. The van der Waals surface area contributed by atoms with Crippen LogP contribution in [0.25, 0.3) is 6.08 Å². The Morgan fingerprint density at radius 2 is 1.71 bits per heavy atom. The molecule has 1 saturated heterocycles. The van der Waals surface area contributed by atoms with Gasteiger partial charge >= 0.3 is 0 Å². The van der Waals surface area contributed by atoms with Gasteiger partial charge in [0.1, 0.15) is 6.10 Å². The molecule has 1 aliphatic rings. The first kappa shape index (κ1) is 13.6. The molecule has 1 heterocycles. The molecule has 21 heavy (non-hydrogen) atoms. The Hall–Kier alpha value is -2.39. The van der Waals surface area contributed by atoms with Crippen molar-refractivity contribution in [3.63, 3.8) is 0 Å². The van der Waals surface area contributed by atoms with Crippen molar-refractivity contribution in [1.29, 1.82) is 0 Å². The Labute approximate surface area is 124 Å². The number of rotatable bonds is 4. The van der Waals surface area contributed by atoms with Gasteiger partial charge in [0.2, 0.25) is 0 Å². The maximum atomic E-state index is 12.2. The second-order valence-electron chi connectivity index (χ2n) is 5.23. The highest BCUT2D eigenvalue weighted by molar-refractivity contribution is 5.89. The molecule has 0 bridgehead atoms. The predicted octanol–water partition coefficient (Wildman–Crippen LogP) is 3.30. The van der Waals surface area contributed by atoms with Crippen molar-refractivity contribution in [3.8, 4) is 0 Å². The van der Waals surface area contributed by atoms with Crippen LogP contribution in [0.3, 0.4) is 0 Å². The van der Waals surface area contributed by atoms with E-state index in [0.29, 0.717) is 0 Å². The average molecular weight is 279 g/mol. The minimum absolute atomic E-state index is 0.122. The SMILES string of the molecule is C[C@]1(C(=O)N/C=C\c2ccccc2)O[C@@H]1c1ccccc1. The lowest BCUT2D eigenvalue weighted by Crippen LogP contribution is -2.32. The molecule has 3 rings (SSSR count). The van der Waals surface area contributed by atoms with Crippen LogP contribution in [-0.4, -0.2) is 11.5 Å². The van der Waals surface area contributed by atoms with Gasteiger partial charge < -0.3 is 10.1 Å². The van der Waals surface area contributed by atoms with Crippen LogP contribution in [0.4, 0.5) is 0 Å². The summed E-state index contributed by atoms with van der Waals surface area (Å²) in [6.45, 7) is 1.82. The van der Waals surface area contributed by atoms with Gasteiger partial charge in [0, 0.05) is 6.20 Å².